The van der Waals surface area contributed by atoms with Crippen LogP contribution in [0.15, 0.2) is 54.6 Å². The number of benzene rings is 2. The number of aryl methyl sites for hydroxylation is 1. The van der Waals surface area contributed by atoms with Crippen molar-refractivity contribution in [2.45, 2.75) is 31.7 Å². The van der Waals surface area contributed by atoms with Crippen molar-refractivity contribution in [3.8, 4) is 0 Å². The van der Waals surface area contributed by atoms with Crippen molar-refractivity contribution in [3.05, 3.63) is 77.0 Å². The van der Waals surface area contributed by atoms with Crippen LogP contribution in [0.1, 0.15) is 52.0 Å². The van der Waals surface area contributed by atoms with E-state index in [1.807, 2.05) is 61.5 Å². The number of hydrogen-bond acceptors (Lipinski definition) is 3. The molecule has 0 saturated heterocycles. The number of carbonyl (C=O) groups excluding carboxylic acids is 1. The Morgan fingerprint density at radius 1 is 1.19 bits per heavy atom. The molecule has 0 spiro atoms. The molecule has 3 N–H and O–H groups in total. The summed E-state index contributed by atoms with van der Waals surface area (Å²) in [6.45, 7) is 2.43. The molecule has 1 heterocycles. The van der Waals surface area contributed by atoms with E-state index in [0.29, 0.717) is 18.0 Å². The number of rotatable bonds is 5. The largest absolute Gasteiger partial charge is 0.350 e. The maximum absolute atomic E-state index is 12.9. The number of nitrogens with two attached hydrogens (primary N) is 1. The molecule has 1 aromatic heterocycles. The molecule has 0 aliphatic heterocycles. The molecule has 1 saturated carbocycles. The monoisotopic (exact) mass is 345 g/mol. The lowest BCUT2D eigenvalue weighted by molar-refractivity contribution is 0.0952. The van der Waals surface area contributed by atoms with Crippen molar-refractivity contribution in [1.29, 1.82) is 0 Å². The second-order valence-corrected chi connectivity index (χ2v) is 7.12. The van der Waals surface area contributed by atoms with Gasteiger partial charge in [0.25, 0.3) is 5.91 Å². The van der Waals surface area contributed by atoms with E-state index in [1.54, 1.807) is 0 Å². The molecule has 4 nitrogen and oxygen atoms in total. The van der Waals surface area contributed by atoms with Crippen LogP contribution in [0.25, 0.3) is 10.9 Å². The van der Waals surface area contributed by atoms with E-state index in [1.165, 1.54) is 0 Å². The topological polar surface area (TPSA) is 68.0 Å². The quantitative estimate of drug-likeness (QED) is 0.738. The SMILES string of the molecule is Cc1ccc2nc(C3CC3)cc(C(=O)NCC(N)c3ccccc3)c2c1. The van der Waals surface area contributed by atoms with Crippen LogP contribution in [0.5, 0.6) is 0 Å². The highest BCUT2D eigenvalue weighted by Crippen LogP contribution is 2.40. The minimum absolute atomic E-state index is 0.0868. The number of hydrogen-bond donors (Lipinski definition) is 2. The van der Waals surface area contributed by atoms with Gasteiger partial charge in [-0.3, -0.25) is 9.78 Å². The van der Waals surface area contributed by atoms with Crippen LogP contribution in [-0.2, 0) is 0 Å². The second kappa shape index (κ2) is 6.89. The van der Waals surface area contributed by atoms with Gasteiger partial charge in [0, 0.05) is 29.6 Å². The van der Waals surface area contributed by atoms with Gasteiger partial charge in [-0.1, -0.05) is 42.0 Å². The summed E-state index contributed by atoms with van der Waals surface area (Å²) in [4.78, 5) is 17.7. The number of carbonyl (C=O) groups is 1. The zero-order valence-corrected chi connectivity index (χ0v) is 14.9. The molecule has 4 heteroatoms. The summed E-state index contributed by atoms with van der Waals surface area (Å²) in [6.07, 6.45) is 2.31. The van der Waals surface area contributed by atoms with Crippen LogP contribution in [0.2, 0.25) is 0 Å². The Morgan fingerprint density at radius 3 is 2.69 bits per heavy atom. The van der Waals surface area contributed by atoms with Crippen LogP contribution in [-0.4, -0.2) is 17.4 Å². The van der Waals surface area contributed by atoms with Crippen molar-refractivity contribution < 1.29 is 4.79 Å². The molecule has 1 amide bonds. The Hall–Kier alpha value is -2.72. The molecule has 1 atom stereocenters. The maximum atomic E-state index is 12.9. The summed E-state index contributed by atoms with van der Waals surface area (Å²) in [7, 11) is 0. The van der Waals surface area contributed by atoms with Gasteiger partial charge in [0.15, 0.2) is 0 Å². The molecular weight excluding hydrogens is 322 g/mol. The summed E-state index contributed by atoms with van der Waals surface area (Å²) in [5, 5.41) is 3.91. The Kier molecular flexibility index (Phi) is 4.43. The third-order valence-electron chi connectivity index (χ3n) is 4.93. The summed E-state index contributed by atoms with van der Waals surface area (Å²) >= 11 is 0. The zero-order valence-electron chi connectivity index (χ0n) is 14.9. The van der Waals surface area contributed by atoms with E-state index < -0.39 is 0 Å². The Balaban J connectivity index is 1.60. The van der Waals surface area contributed by atoms with Gasteiger partial charge in [-0.25, -0.2) is 0 Å². The average Bonchev–Trinajstić information content (AvgIpc) is 3.51. The average molecular weight is 345 g/mol. The molecule has 1 unspecified atom stereocenters. The highest BCUT2D eigenvalue weighted by Gasteiger charge is 2.27. The zero-order chi connectivity index (χ0) is 18.1. The fraction of sp³-hybridized carbons (Fsp3) is 0.273. The van der Waals surface area contributed by atoms with Gasteiger partial charge in [0.1, 0.15) is 0 Å². The molecule has 1 aliphatic carbocycles. The highest BCUT2D eigenvalue weighted by atomic mass is 16.1. The molecule has 26 heavy (non-hydrogen) atoms. The summed E-state index contributed by atoms with van der Waals surface area (Å²) in [5.74, 6) is 0.412. The molecule has 1 fully saturated rings. The van der Waals surface area contributed by atoms with E-state index in [-0.39, 0.29) is 11.9 Å². The highest BCUT2D eigenvalue weighted by molar-refractivity contribution is 6.06. The van der Waals surface area contributed by atoms with E-state index in [0.717, 1.165) is 40.6 Å². The summed E-state index contributed by atoms with van der Waals surface area (Å²) in [6, 6.07) is 17.6. The molecule has 2 aromatic carbocycles. The lowest BCUT2D eigenvalue weighted by atomic mass is 10.0. The molecule has 3 aromatic rings. The number of pyridine rings is 1. The molecule has 1 aliphatic rings. The van der Waals surface area contributed by atoms with Crippen LogP contribution in [0, 0.1) is 6.92 Å². The van der Waals surface area contributed by atoms with Gasteiger partial charge in [-0.15, -0.1) is 0 Å². The van der Waals surface area contributed by atoms with Crippen molar-refractivity contribution in [1.82, 2.24) is 10.3 Å². The van der Waals surface area contributed by atoms with Crippen molar-refractivity contribution in [2.24, 2.45) is 5.73 Å². The lowest BCUT2D eigenvalue weighted by Gasteiger charge is -2.15. The van der Waals surface area contributed by atoms with Crippen molar-refractivity contribution in [2.75, 3.05) is 6.54 Å². The first-order chi connectivity index (χ1) is 12.6. The van der Waals surface area contributed by atoms with Crippen molar-refractivity contribution in [3.63, 3.8) is 0 Å². The normalized spacial score (nSPS) is 15.0. The Labute approximate surface area is 153 Å². The first-order valence-electron chi connectivity index (χ1n) is 9.12. The minimum atomic E-state index is -0.224. The smallest absolute Gasteiger partial charge is 0.252 e. The lowest BCUT2D eigenvalue weighted by Crippen LogP contribution is -2.32. The minimum Gasteiger partial charge on any atom is -0.350 e. The van der Waals surface area contributed by atoms with Gasteiger partial charge < -0.3 is 11.1 Å². The number of aromatic nitrogens is 1. The van der Waals surface area contributed by atoms with Gasteiger partial charge in [-0.2, -0.15) is 0 Å². The maximum Gasteiger partial charge on any atom is 0.252 e. The number of nitrogens with zero attached hydrogens (tertiary/aromatic N) is 1. The van der Waals surface area contributed by atoms with Crippen LogP contribution >= 0.6 is 0 Å². The third kappa shape index (κ3) is 3.46. The Bertz CT molecular complexity index is 948. The molecular formula is C22H23N3O. The summed E-state index contributed by atoms with van der Waals surface area (Å²) < 4.78 is 0. The van der Waals surface area contributed by atoms with E-state index >= 15 is 0 Å². The number of nitrogens with one attached hydrogen (secondary N) is 1. The van der Waals surface area contributed by atoms with E-state index in [4.69, 9.17) is 10.7 Å². The Morgan fingerprint density at radius 2 is 1.96 bits per heavy atom. The van der Waals surface area contributed by atoms with Crippen LogP contribution < -0.4 is 11.1 Å². The molecule has 132 valence electrons. The second-order valence-electron chi connectivity index (χ2n) is 7.12. The standard InChI is InChI=1S/C22H23N3O/c1-14-7-10-20-17(11-14)18(12-21(25-20)16-8-9-16)22(26)24-13-19(23)15-5-3-2-4-6-15/h2-7,10-12,16,19H,8-9,13,23H2,1H3,(H,24,26). The first kappa shape index (κ1) is 16.7. The predicted molar refractivity (Wildman–Crippen MR) is 104 cm³/mol. The predicted octanol–water partition coefficient (Wildman–Crippen LogP) is 3.85. The van der Waals surface area contributed by atoms with Gasteiger partial charge in [0.2, 0.25) is 0 Å². The molecule has 0 bridgehead atoms. The van der Waals surface area contributed by atoms with Crippen LogP contribution in [0.4, 0.5) is 0 Å². The molecule has 4 rings (SSSR count). The summed E-state index contributed by atoms with van der Waals surface area (Å²) in [5.41, 5.74) is 11.0. The van der Waals surface area contributed by atoms with Gasteiger partial charge in [0.05, 0.1) is 11.1 Å². The number of fused-ring (bicyclic) bond motifs is 1. The fourth-order valence-corrected chi connectivity index (χ4v) is 3.25. The molecule has 0 radical (unpaired) electrons. The fourth-order valence-electron chi connectivity index (χ4n) is 3.25. The van der Waals surface area contributed by atoms with E-state index in [2.05, 4.69) is 5.32 Å². The number of amides is 1. The van der Waals surface area contributed by atoms with Crippen LogP contribution in [0.3, 0.4) is 0 Å². The van der Waals surface area contributed by atoms with Gasteiger partial charge in [-0.05, 0) is 43.5 Å². The van der Waals surface area contributed by atoms with E-state index in [9.17, 15) is 4.79 Å². The van der Waals surface area contributed by atoms with Crippen molar-refractivity contribution >= 4 is 16.8 Å². The van der Waals surface area contributed by atoms with Gasteiger partial charge >= 0.3 is 0 Å². The third-order valence-corrected chi connectivity index (χ3v) is 4.93. The first-order valence-corrected chi connectivity index (χ1v) is 9.12.